The van der Waals surface area contributed by atoms with Gasteiger partial charge in [0, 0.05) is 13.0 Å². The molecule has 132 valence electrons. The maximum atomic E-state index is 12.6. The fraction of sp³-hybridized carbons (Fsp3) is 0.471. The van der Waals surface area contributed by atoms with Crippen molar-refractivity contribution in [3.8, 4) is 17.6 Å². The highest BCUT2D eigenvalue weighted by atomic mass is 19.4. The Balaban J connectivity index is 2.62. The van der Waals surface area contributed by atoms with Gasteiger partial charge in [0.1, 0.15) is 11.4 Å². The Morgan fingerprint density at radius 2 is 1.92 bits per heavy atom. The largest absolute Gasteiger partial charge is 0.495 e. The van der Waals surface area contributed by atoms with Crippen molar-refractivity contribution in [3.63, 3.8) is 0 Å². The van der Waals surface area contributed by atoms with Gasteiger partial charge in [-0.3, -0.25) is 0 Å². The zero-order valence-electron chi connectivity index (χ0n) is 14.0. The molecule has 0 fully saturated rings. The first-order valence-corrected chi connectivity index (χ1v) is 7.24. The minimum Gasteiger partial charge on any atom is -0.495 e. The predicted octanol–water partition coefficient (Wildman–Crippen LogP) is 3.98. The monoisotopic (exact) mass is 343 g/mol. The van der Waals surface area contributed by atoms with E-state index in [1.165, 1.54) is 13.2 Å². The molecule has 7 heteroatoms. The second kappa shape index (κ2) is 7.95. The summed E-state index contributed by atoms with van der Waals surface area (Å²) in [4.78, 5) is 11.4. The average Bonchev–Trinajstić information content (AvgIpc) is 2.44. The molecule has 1 aromatic carbocycles. The summed E-state index contributed by atoms with van der Waals surface area (Å²) >= 11 is 0. The van der Waals surface area contributed by atoms with E-state index in [0.717, 1.165) is 12.1 Å². The molecular weight excluding hydrogens is 323 g/mol. The van der Waals surface area contributed by atoms with Crippen LogP contribution in [0.2, 0.25) is 0 Å². The van der Waals surface area contributed by atoms with Crippen LogP contribution in [0.25, 0.3) is 0 Å². The highest BCUT2D eigenvalue weighted by Gasteiger charge is 2.31. The van der Waals surface area contributed by atoms with Crippen LogP contribution in [-0.4, -0.2) is 25.3 Å². The lowest BCUT2D eigenvalue weighted by Gasteiger charge is -2.19. The molecule has 0 spiro atoms. The number of halogens is 3. The van der Waals surface area contributed by atoms with Gasteiger partial charge >= 0.3 is 12.3 Å². The van der Waals surface area contributed by atoms with Crippen molar-refractivity contribution in [3.05, 3.63) is 29.3 Å². The normalized spacial score (nSPS) is 11.3. The molecule has 1 rings (SSSR count). The van der Waals surface area contributed by atoms with Crippen LogP contribution in [-0.2, 0) is 10.9 Å². The summed E-state index contributed by atoms with van der Waals surface area (Å²) in [5, 5.41) is 2.54. The van der Waals surface area contributed by atoms with E-state index in [1.54, 1.807) is 20.8 Å². The zero-order valence-corrected chi connectivity index (χ0v) is 14.0. The summed E-state index contributed by atoms with van der Waals surface area (Å²) in [6, 6.07) is 3.12. The molecular formula is C17H20F3NO3. The topological polar surface area (TPSA) is 47.6 Å². The Morgan fingerprint density at radius 3 is 2.46 bits per heavy atom. The number of benzene rings is 1. The molecule has 0 bridgehead atoms. The lowest BCUT2D eigenvalue weighted by Crippen LogP contribution is -2.32. The molecule has 0 aliphatic rings. The number of alkyl halides is 3. The van der Waals surface area contributed by atoms with E-state index in [4.69, 9.17) is 9.47 Å². The lowest BCUT2D eigenvalue weighted by atomic mass is 10.1. The van der Waals surface area contributed by atoms with Gasteiger partial charge in [-0.1, -0.05) is 11.8 Å². The summed E-state index contributed by atoms with van der Waals surface area (Å²) in [6.45, 7) is 5.53. The third-order valence-electron chi connectivity index (χ3n) is 2.67. The van der Waals surface area contributed by atoms with Gasteiger partial charge in [0.25, 0.3) is 0 Å². The number of amides is 1. The number of alkyl carbamates (subject to hydrolysis) is 1. The zero-order chi connectivity index (χ0) is 18.4. The number of nitrogens with one attached hydrogen (secondary N) is 1. The summed E-state index contributed by atoms with van der Waals surface area (Å²) in [5.41, 5.74) is -1.03. The highest BCUT2D eigenvalue weighted by molar-refractivity contribution is 5.67. The van der Waals surface area contributed by atoms with E-state index >= 15 is 0 Å². The molecule has 0 atom stereocenters. The fourth-order valence-corrected chi connectivity index (χ4v) is 1.67. The molecule has 0 unspecified atom stereocenters. The molecule has 1 N–H and O–H groups in total. The first kappa shape index (κ1) is 19.7. The van der Waals surface area contributed by atoms with Crippen molar-refractivity contribution in [2.75, 3.05) is 13.7 Å². The number of carbonyl (C=O) groups excluding carboxylic acids is 1. The van der Waals surface area contributed by atoms with Crippen LogP contribution in [0.5, 0.6) is 5.75 Å². The molecule has 0 aromatic heterocycles. The summed E-state index contributed by atoms with van der Waals surface area (Å²) in [6.07, 6.45) is -4.66. The maximum Gasteiger partial charge on any atom is 0.416 e. The molecule has 0 heterocycles. The van der Waals surface area contributed by atoms with Crippen LogP contribution in [0.3, 0.4) is 0 Å². The summed E-state index contributed by atoms with van der Waals surface area (Å²) in [7, 11) is 1.28. The van der Waals surface area contributed by atoms with Crippen LogP contribution in [0.15, 0.2) is 18.2 Å². The Bertz CT molecular complexity index is 637. The third kappa shape index (κ3) is 6.82. The lowest BCUT2D eigenvalue weighted by molar-refractivity contribution is -0.137. The number of carbonyl (C=O) groups is 1. The van der Waals surface area contributed by atoms with Crippen molar-refractivity contribution >= 4 is 6.09 Å². The molecule has 0 saturated carbocycles. The Hall–Kier alpha value is -2.36. The second-order valence-corrected chi connectivity index (χ2v) is 5.89. The van der Waals surface area contributed by atoms with E-state index in [1.807, 2.05) is 0 Å². The smallest absolute Gasteiger partial charge is 0.416 e. The van der Waals surface area contributed by atoms with Gasteiger partial charge in [-0.25, -0.2) is 4.79 Å². The van der Waals surface area contributed by atoms with E-state index in [0.29, 0.717) is 12.0 Å². The Labute approximate surface area is 139 Å². The number of ether oxygens (including phenoxy) is 2. The first-order chi connectivity index (χ1) is 11.0. The van der Waals surface area contributed by atoms with E-state index in [2.05, 4.69) is 17.2 Å². The standard InChI is InChI=1S/C17H20F3NO3/c1-16(2,3)24-15(22)21-10-6-5-7-12-8-9-13(17(18,19)20)11-14(12)23-4/h8-9,11H,6,10H2,1-4H3,(H,21,22). The number of rotatable bonds is 3. The fourth-order valence-electron chi connectivity index (χ4n) is 1.67. The number of hydrogen-bond acceptors (Lipinski definition) is 3. The predicted molar refractivity (Wildman–Crippen MR) is 83.7 cm³/mol. The molecule has 24 heavy (non-hydrogen) atoms. The van der Waals surface area contributed by atoms with Gasteiger partial charge in [0.05, 0.1) is 18.2 Å². The van der Waals surface area contributed by atoms with Gasteiger partial charge < -0.3 is 14.8 Å². The van der Waals surface area contributed by atoms with E-state index in [-0.39, 0.29) is 12.3 Å². The Morgan fingerprint density at radius 1 is 1.25 bits per heavy atom. The van der Waals surface area contributed by atoms with Crippen LogP contribution >= 0.6 is 0 Å². The Kier molecular flexibility index (Phi) is 6.52. The van der Waals surface area contributed by atoms with Crippen molar-refractivity contribution in [2.24, 2.45) is 0 Å². The average molecular weight is 343 g/mol. The van der Waals surface area contributed by atoms with Crippen molar-refractivity contribution < 1.29 is 27.4 Å². The summed E-state index contributed by atoms with van der Waals surface area (Å²) < 4.78 is 47.9. The molecule has 0 radical (unpaired) electrons. The third-order valence-corrected chi connectivity index (χ3v) is 2.67. The molecule has 4 nitrogen and oxygen atoms in total. The van der Waals surface area contributed by atoms with Crippen LogP contribution < -0.4 is 10.1 Å². The van der Waals surface area contributed by atoms with Gasteiger partial charge in [-0.15, -0.1) is 0 Å². The van der Waals surface area contributed by atoms with Gasteiger partial charge in [0.2, 0.25) is 0 Å². The molecule has 0 aliphatic carbocycles. The molecule has 0 aliphatic heterocycles. The van der Waals surface area contributed by atoms with Crippen molar-refractivity contribution in [1.82, 2.24) is 5.32 Å². The molecule has 1 amide bonds. The number of hydrogen-bond donors (Lipinski definition) is 1. The maximum absolute atomic E-state index is 12.6. The van der Waals surface area contributed by atoms with Crippen molar-refractivity contribution in [2.45, 2.75) is 39.0 Å². The van der Waals surface area contributed by atoms with Crippen molar-refractivity contribution in [1.29, 1.82) is 0 Å². The highest BCUT2D eigenvalue weighted by Crippen LogP contribution is 2.32. The second-order valence-electron chi connectivity index (χ2n) is 5.89. The van der Waals surface area contributed by atoms with Crippen LogP contribution in [0.1, 0.15) is 38.3 Å². The van der Waals surface area contributed by atoms with Gasteiger partial charge in [-0.05, 0) is 39.0 Å². The molecule has 1 aromatic rings. The minimum absolute atomic E-state index is 0.0532. The minimum atomic E-state index is -4.43. The van der Waals surface area contributed by atoms with Gasteiger partial charge in [-0.2, -0.15) is 13.2 Å². The summed E-state index contributed by atoms with van der Waals surface area (Å²) in [5.74, 6) is 5.55. The quantitative estimate of drug-likeness (QED) is 0.667. The van der Waals surface area contributed by atoms with E-state index < -0.39 is 23.4 Å². The van der Waals surface area contributed by atoms with Crippen LogP contribution in [0, 0.1) is 11.8 Å². The SMILES string of the molecule is COc1cc(C(F)(F)F)ccc1C#CCCNC(=O)OC(C)(C)C. The number of methoxy groups -OCH3 is 1. The first-order valence-electron chi connectivity index (χ1n) is 7.24. The van der Waals surface area contributed by atoms with Crippen LogP contribution in [0.4, 0.5) is 18.0 Å². The molecule has 0 saturated heterocycles. The van der Waals surface area contributed by atoms with Gasteiger partial charge in [0.15, 0.2) is 0 Å². The van der Waals surface area contributed by atoms with E-state index in [9.17, 15) is 18.0 Å².